The molecule has 0 atom stereocenters. The first-order chi connectivity index (χ1) is 16.3. The molecule has 0 aliphatic rings. The van der Waals surface area contributed by atoms with E-state index >= 15 is 0 Å². The third kappa shape index (κ3) is 6.11. The number of hydrogen-bond acceptors (Lipinski definition) is 6. The zero-order valence-corrected chi connectivity index (χ0v) is 19.3. The van der Waals surface area contributed by atoms with Crippen LogP contribution in [0, 0.1) is 32.1 Å². The Bertz CT molecular complexity index is 1220. The minimum Gasteiger partial charge on any atom is -0.459 e. The second-order valence-corrected chi connectivity index (χ2v) is 7.84. The summed E-state index contributed by atoms with van der Waals surface area (Å²) in [5.74, 6) is -1.45. The fourth-order valence-corrected chi connectivity index (χ4v) is 3.43. The van der Waals surface area contributed by atoms with Crippen LogP contribution in [0.2, 0.25) is 0 Å². The van der Waals surface area contributed by atoms with Gasteiger partial charge in [-0.2, -0.15) is 5.26 Å². The molecule has 0 saturated heterocycles. The summed E-state index contributed by atoms with van der Waals surface area (Å²) in [6, 6.07) is 15.6. The van der Waals surface area contributed by atoms with E-state index in [0.29, 0.717) is 11.4 Å². The molecule has 3 aromatic rings. The van der Waals surface area contributed by atoms with E-state index in [-0.39, 0.29) is 24.3 Å². The van der Waals surface area contributed by atoms with Crippen molar-refractivity contribution < 1.29 is 23.5 Å². The smallest absolute Gasteiger partial charge is 0.338 e. The average Bonchev–Trinajstić information content (AvgIpc) is 3.34. The van der Waals surface area contributed by atoms with Crippen LogP contribution in [0.15, 0.2) is 59.2 Å². The molecule has 0 bridgehead atoms. The van der Waals surface area contributed by atoms with Crippen molar-refractivity contribution in [1.82, 2.24) is 0 Å². The number of furan rings is 1. The van der Waals surface area contributed by atoms with Crippen LogP contribution in [-0.4, -0.2) is 30.9 Å². The number of carbonyl (C=O) groups is 3. The maximum absolute atomic E-state index is 12.9. The van der Waals surface area contributed by atoms with Crippen molar-refractivity contribution in [2.45, 2.75) is 27.2 Å². The Morgan fingerprint density at radius 3 is 2.44 bits per heavy atom. The van der Waals surface area contributed by atoms with E-state index in [1.54, 1.807) is 25.1 Å². The number of nitrogens with zero attached hydrogens (tertiary/aromatic N) is 2. The predicted octanol–water partition coefficient (Wildman–Crippen LogP) is 4.56. The number of anilines is 2. The van der Waals surface area contributed by atoms with Gasteiger partial charge in [0, 0.05) is 17.9 Å². The van der Waals surface area contributed by atoms with Gasteiger partial charge in [0.25, 0.3) is 11.8 Å². The van der Waals surface area contributed by atoms with E-state index in [1.807, 2.05) is 38.1 Å². The highest BCUT2D eigenvalue weighted by atomic mass is 16.5. The molecule has 174 valence electrons. The molecule has 1 N–H and O–H groups in total. The third-order valence-corrected chi connectivity index (χ3v) is 5.06. The molecule has 2 amide bonds. The first kappa shape index (κ1) is 24.3. The van der Waals surface area contributed by atoms with E-state index in [1.165, 1.54) is 23.3 Å². The van der Waals surface area contributed by atoms with Gasteiger partial charge in [0.15, 0.2) is 12.4 Å². The molecule has 8 heteroatoms. The third-order valence-electron chi connectivity index (χ3n) is 5.06. The average molecular weight is 460 g/mol. The zero-order valence-electron chi connectivity index (χ0n) is 19.3. The number of ether oxygens (including phenoxy) is 1. The standard InChI is InChI=1S/C26H25N3O5/c1-17-12-18(2)14-21(13-17)29(10-5-9-27)24(30)16-34-26(32)20-8-7-19(3)22(15-20)28-25(31)23-6-4-11-33-23/h4,6-8,11-15H,5,10,16H2,1-3H3,(H,28,31). The van der Waals surface area contributed by atoms with Crippen LogP contribution in [0.5, 0.6) is 0 Å². The summed E-state index contributed by atoms with van der Waals surface area (Å²) < 4.78 is 10.3. The van der Waals surface area contributed by atoms with E-state index < -0.39 is 24.4 Å². The van der Waals surface area contributed by atoms with Gasteiger partial charge < -0.3 is 19.4 Å². The summed E-state index contributed by atoms with van der Waals surface area (Å²) >= 11 is 0. The highest BCUT2D eigenvalue weighted by Gasteiger charge is 2.20. The van der Waals surface area contributed by atoms with Crippen molar-refractivity contribution in [1.29, 1.82) is 5.26 Å². The van der Waals surface area contributed by atoms with Gasteiger partial charge in [-0.3, -0.25) is 9.59 Å². The lowest BCUT2D eigenvalue weighted by molar-refractivity contribution is -0.121. The number of aryl methyl sites for hydroxylation is 3. The molecule has 2 aromatic carbocycles. The van der Waals surface area contributed by atoms with Crippen LogP contribution in [0.4, 0.5) is 11.4 Å². The van der Waals surface area contributed by atoms with Crippen LogP contribution in [-0.2, 0) is 9.53 Å². The number of carbonyl (C=O) groups excluding carboxylic acids is 3. The molecule has 0 unspecified atom stereocenters. The summed E-state index contributed by atoms with van der Waals surface area (Å²) in [7, 11) is 0. The highest BCUT2D eigenvalue weighted by Crippen LogP contribution is 2.21. The molecule has 0 radical (unpaired) electrons. The SMILES string of the molecule is Cc1cc(C)cc(N(CCC#N)C(=O)COC(=O)c2ccc(C)c(NC(=O)c3ccco3)c2)c1. The molecular weight excluding hydrogens is 434 g/mol. The van der Waals surface area contributed by atoms with Gasteiger partial charge in [-0.1, -0.05) is 12.1 Å². The molecule has 0 fully saturated rings. The monoisotopic (exact) mass is 459 g/mol. The lowest BCUT2D eigenvalue weighted by Gasteiger charge is -2.22. The molecule has 1 aromatic heterocycles. The number of benzene rings is 2. The zero-order chi connectivity index (χ0) is 24.7. The Labute approximate surface area is 197 Å². The summed E-state index contributed by atoms with van der Waals surface area (Å²) in [4.78, 5) is 39.2. The molecule has 3 rings (SSSR count). The van der Waals surface area contributed by atoms with E-state index in [2.05, 4.69) is 5.32 Å². The second kappa shape index (κ2) is 11.0. The number of nitriles is 1. The molecule has 8 nitrogen and oxygen atoms in total. The fourth-order valence-electron chi connectivity index (χ4n) is 3.43. The topological polar surface area (TPSA) is 113 Å². The van der Waals surface area contributed by atoms with Gasteiger partial charge >= 0.3 is 5.97 Å². The van der Waals surface area contributed by atoms with Crippen LogP contribution in [0.1, 0.15) is 44.0 Å². The molecule has 0 aliphatic carbocycles. The van der Waals surface area contributed by atoms with Gasteiger partial charge in [-0.15, -0.1) is 0 Å². The van der Waals surface area contributed by atoms with Gasteiger partial charge in [0.1, 0.15) is 0 Å². The maximum Gasteiger partial charge on any atom is 0.338 e. The van der Waals surface area contributed by atoms with Gasteiger partial charge in [-0.25, -0.2) is 4.79 Å². The minimum atomic E-state index is -0.706. The van der Waals surface area contributed by atoms with Gasteiger partial charge in [-0.05, 0) is 73.9 Å². The van der Waals surface area contributed by atoms with Gasteiger partial charge in [0.05, 0.1) is 24.3 Å². The molecule has 0 spiro atoms. The number of nitrogens with one attached hydrogen (secondary N) is 1. The minimum absolute atomic E-state index is 0.141. The Morgan fingerprint density at radius 1 is 1.06 bits per heavy atom. The number of amides is 2. The Hall–Kier alpha value is -4.38. The molecular formula is C26H25N3O5. The lowest BCUT2D eigenvalue weighted by Crippen LogP contribution is -2.35. The van der Waals surface area contributed by atoms with Crippen molar-refractivity contribution in [3.05, 3.63) is 82.8 Å². The Kier molecular flexibility index (Phi) is 7.83. The molecule has 0 aliphatic heterocycles. The highest BCUT2D eigenvalue weighted by molar-refractivity contribution is 6.03. The maximum atomic E-state index is 12.9. The molecule has 0 saturated carbocycles. The number of hydrogen-bond donors (Lipinski definition) is 1. The van der Waals surface area contributed by atoms with Crippen molar-refractivity contribution in [3.63, 3.8) is 0 Å². The van der Waals surface area contributed by atoms with Crippen molar-refractivity contribution in [2.24, 2.45) is 0 Å². The van der Waals surface area contributed by atoms with Crippen molar-refractivity contribution in [2.75, 3.05) is 23.4 Å². The Balaban J connectivity index is 1.70. The van der Waals surface area contributed by atoms with Crippen LogP contribution >= 0.6 is 0 Å². The van der Waals surface area contributed by atoms with Crippen molar-refractivity contribution in [3.8, 4) is 6.07 Å². The van der Waals surface area contributed by atoms with E-state index in [9.17, 15) is 14.4 Å². The Morgan fingerprint density at radius 2 is 1.79 bits per heavy atom. The summed E-state index contributed by atoms with van der Waals surface area (Å²) in [5.41, 5.74) is 3.95. The van der Waals surface area contributed by atoms with Crippen molar-refractivity contribution >= 4 is 29.2 Å². The second-order valence-electron chi connectivity index (χ2n) is 7.84. The summed E-state index contributed by atoms with van der Waals surface area (Å²) in [6.07, 6.45) is 1.54. The van der Waals surface area contributed by atoms with Crippen LogP contribution in [0.3, 0.4) is 0 Å². The fraction of sp³-hybridized carbons (Fsp3) is 0.231. The largest absolute Gasteiger partial charge is 0.459 e. The summed E-state index contributed by atoms with van der Waals surface area (Å²) in [5, 5.41) is 11.7. The first-order valence-electron chi connectivity index (χ1n) is 10.7. The van der Waals surface area contributed by atoms with Crippen LogP contribution < -0.4 is 10.2 Å². The number of rotatable bonds is 8. The van der Waals surface area contributed by atoms with E-state index in [4.69, 9.17) is 14.4 Å². The lowest BCUT2D eigenvalue weighted by atomic mass is 10.1. The van der Waals surface area contributed by atoms with Crippen LogP contribution in [0.25, 0.3) is 0 Å². The van der Waals surface area contributed by atoms with E-state index in [0.717, 1.165) is 16.7 Å². The molecule has 34 heavy (non-hydrogen) atoms. The first-order valence-corrected chi connectivity index (χ1v) is 10.7. The molecule has 1 heterocycles. The normalized spacial score (nSPS) is 10.3. The summed E-state index contributed by atoms with van der Waals surface area (Å²) in [6.45, 7) is 5.32. The quantitative estimate of drug-likeness (QED) is 0.494. The number of esters is 1. The van der Waals surface area contributed by atoms with Gasteiger partial charge in [0.2, 0.25) is 0 Å². The predicted molar refractivity (Wildman–Crippen MR) is 127 cm³/mol.